The van der Waals surface area contributed by atoms with Crippen LogP contribution in [0.4, 0.5) is 13.2 Å². The molecule has 0 aliphatic heterocycles. The first kappa shape index (κ1) is 21.0. The Labute approximate surface area is 159 Å². The van der Waals surface area contributed by atoms with Crippen molar-refractivity contribution < 1.29 is 17.9 Å². The largest absolute Gasteiger partial charge is 0.457 e. The number of ether oxygens (including phenoxy) is 1. The Morgan fingerprint density at radius 3 is 2.42 bits per heavy atom. The van der Waals surface area contributed by atoms with Crippen molar-refractivity contribution in [3.05, 3.63) is 58.6 Å². The van der Waals surface area contributed by atoms with E-state index in [0.717, 1.165) is 43.1 Å². The molecule has 7 heteroatoms. The van der Waals surface area contributed by atoms with E-state index in [9.17, 15) is 13.2 Å². The fourth-order valence-electron chi connectivity index (χ4n) is 2.45. The average molecular weight is 404 g/mol. The summed E-state index contributed by atoms with van der Waals surface area (Å²) in [5.41, 5.74) is 6.11. The van der Waals surface area contributed by atoms with Crippen LogP contribution >= 0.6 is 20.8 Å². The third kappa shape index (κ3) is 6.15. The van der Waals surface area contributed by atoms with E-state index in [2.05, 4.69) is 9.24 Å². The van der Waals surface area contributed by atoms with Gasteiger partial charge in [-0.15, -0.1) is 9.24 Å². The van der Waals surface area contributed by atoms with Gasteiger partial charge in [-0.3, -0.25) is 0 Å². The van der Waals surface area contributed by atoms with Crippen molar-refractivity contribution in [3.8, 4) is 11.5 Å². The van der Waals surface area contributed by atoms with Gasteiger partial charge in [-0.2, -0.15) is 13.2 Å². The molecule has 2 nitrogen and oxygen atoms in total. The van der Waals surface area contributed by atoms with Crippen molar-refractivity contribution in [2.75, 3.05) is 6.16 Å². The number of aryl methyl sites for hydroxylation is 1. The number of hydrogen-bond acceptors (Lipinski definition) is 2. The Bertz CT molecular complexity index is 750. The topological polar surface area (TPSA) is 35.2 Å². The Morgan fingerprint density at radius 1 is 1.12 bits per heavy atom. The molecule has 0 fully saturated rings. The second-order valence-corrected chi connectivity index (χ2v) is 7.41. The minimum absolute atomic E-state index is 0.114. The monoisotopic (exact) mass is 403 g/mol. The zero-order valence-corrected chi connectivity index (χ0v) is 16.4. The maximum absolute atomic E-state index is 12.8. The number of halogens is 4. The summed E-state index contributed by atoms with van der Waals surface area (Å²) in [4.78, 5) is 0. The van der Waals surface area contributed by atoms with Crippen molar-refractivity contribution in [3.63, 3.8) is 0 Å². The van der Waals surface area contributed by atoms with Gasteiger partial charge in [0.25, 0.3) is 0 Å². The van der Waals surface area contributed by atoms with Crippen LogP contribution in [0.3, 0.4) is 0 Å². The Balaban J connectivity index is 2.03. The molecule has 0 aliphatic carbocycles. The molecule has 2 unspecified atom stereocenters. The van der Waals surface area contributed by atoms with Crippen molar-refractivity contribution in [2.45, 2.75) is 37.9 Å². The van der Waals surface area contributed by atoms with Gasteiger partial charge in [-0.25, -0.2) is 0 Å². The van der Waals surface area contributed by atoms with Gasteiger partial charge in [-0.05, 0) is 68.2 Å². The van der Waals surface area contributed by atoms with Crippen LogP contribution in [-0.2, 0) is 12.6 Å². The van der Waals surface area contributed by atoms with Crippen LogP contribution in [0.25, 0.3) is 0 Å². The highest BCUT2D eigenvalue weighted by molar-refractivity contribution is 7.16. The van der Waals surface area contributed by atoms with Crippen LogP contribution in [0.2, 0.25) is 5.02 Å². The Kier molecular flexibility index (Phi) is 6.95. The lowest BCUT2D eigenvalue weighted by Crippen LogP contribution is -2.37. The smallest absolute Gasteiger partial charge is 0.416 e. The first-order valence-electron chi connectivity index (χ1n) is 8.23. The molecule has 2 aromatic rings. The van der Waals surface area contributed by atoms with Crippen molar-refractivity contribution in [2.24, 2.45) is 5.73 Å². The lowest BCUT2D eigenvalue weighted by atomic mass is 9.96. The molecule has 26 heavy (non-hydrogen) atoms. The van der Waals surface area contributed by atoms with E-state index >= 15 is 0 Å². The zero-order valence-electron chi connectivity index (χ0n) is 14.4. The molecule has 0 aromatic heterocycles. The second-order valence-electron chi connectivity index (χ2n) is 6.59. The lowest BCUT2D eigenvalue weighted by molar-refractivity contribution is -0.137. The summed E-state index contributed by atoms with van der Waals surface area (Å²) in [7, 11) is 2.65. The molecule has 2 rings (SSSR count). The quantitative estimate of drug-likeness (QED) is 0.570. The van der Waals surface area contributed by atoms with Gasteiger partial charge >= 0.3 is 6.18 Å². The van der Waals surface area contributed by atoms with E-state index in [4.69, 9.17) is 22.1 Å². The van der Waals surface area contributed by atoms with Gasteiger partial charge in [0.1, 0.15) is 11.5 Å². The first-order chi connectivity index (χ1) is 12.1. The molecule has 0 bridgehead atoms. The van der Waals surface area contributed by atoms with Crippen LogP contribution in [0, 0.1) is 0 Å². The molecule has 2 atom stereocenters. The van der Waals surface area contributed by atoms with Crippen molar-refractivity contribution in [1.82, 2.24) is 0 Å². The number of hydrogen-bond donors (Lipinski definition) is 1. The molecule has 0 saturated heterocycles. The summed E-state index contributed by atoms with van der Waals surface area (Å²) in [5.74, 6) is 0.509. The lowest BCUT2D eigenvalue weighted by Gasteiger charge is -2.22. The van der Waals surface area contributed by atoms with E-state index < -0.39 is 11.7 Å². The normalized spacial score (nSPS) is 14.1. The summed E-state index contributed by atoms with van der Waals surface area (Å²) in [6.07, 6.45) is -1.04. The van der Waals surface area contributed by atoms with Gasteiger partial charge in [0.2, 0.25) is 0 Å². The molecule has 0 amide bonds. The molecular weight excluding hydrogens is 382 g/mol. The predicted octanol–water partition coefficient (Wildman–Crippen LogP) is 6.07. The maximum Gasteiger partial charge on any atom is 0.416 e. The highest BCUT2D eigenvalue weighted by Gasteiger charge is 2.30. The highest BCUT2D eigenvalue weighted by Crippen LogP contribution is 2.33. The summed E-state index contributed by atoms with van der Waals surface area (Å²) < 4.78 is 43.8. The van der Waals surface area contributed by atoms with E-state index in [-0.39, 0.29) is 11.3 Å². The van der Waals surface area contributed by atoms with Gasteiger partial charge in [-0.1, -0.05) is 23.7 Å². The minimum atomic E-state index is -4.41. The van der Waals surface area contributed by atoms with Gasteiger partial charge in [0.05, 0.1) is 5.56 Å². The fraction of sp³-hybridized carbons (Fsp3) is 0.368. The van der Waals surface area contributed by atoms with E-state index in [1.54, 1.807) is 12.1 Å². The minimum Gasteiger partial charge on any atom is -0.457 e. The standard InChI is InChI=1S/C19H22ClF3NOP/c1-18(24,12-26)9-3-4-13-7-8-16(11-17(13)20)25-15-6-2-5-14(10-15)19(21,22)23/h2,5-8,10-11H,3-4,9,12,24,26H2,1H3. The van der Waals surface area contributed by atoms with E-state index in [0.29, 0.717) is 10.8 Å². The third-order valence-corrected chi connectivity index (χ3v) is 5.37. The molecule has 0 radical (unpaired) electrons. The molecule has 0 saturated carbocycles. The van der Waals surface area contributed by atoms with E-state index in [1.807, 2.05) is 13.0 Å². The zero-order chi connectivity index (χ0) is 19.4. The third-order valence-electron chi connectivity index (χ3n) is 4.08. The highest BCUT2D eigenvalue weighted by atomic mass is 35.5. The van der Waals surface area contributed by atoms with Crippen molar-refractivity contribution in [1.29, 1.82) is 0 Å². The Hall–Kier alpha value is -1.29. The van der Waals surface area contributed by atoms with Crippen LogP contribution in [0.5, 0.6) is 11.5 Å². The molecule has 0 aliphatic rings. The summed E-state index contributed by atoms with van der Waals surface area (Å²) in [5, 5.41) is 0.527. The van der Waals surface area contributed by atoms with Crippen LogP contribution in [-0.4, -0.2) is 11.7 Å². The number of nitrogens with two attached hydrogens (primary N) is 1. The maximum atomic E-state index is 12.8. The van der Waals surface area contributed by atoms with Crippen LogP contribution in [0.15, 0.2) is 42.5 Å². The molecule has 142 valence electrons. The van der Waals surface area contributed by atoms with Crippen LogP contribution in [0.1, 0.15) is 30.9 Å². The molecule has 0 spiro atoms. The fourth-order valence-corrected chi connectivity index (χ4v) is 2.92. The summed E-state index contributed by atoms with van der Waals surface area (Å²) in [6.45, 7) is 2.01. The second kappa shape index (κ2) is 8.60. The van der Waals surface area contributed by atoms with Gasteiger partial charge in [0, 0.05) is 10.6 Å². The molecular formula is C19H22ClF3NOP. The van der Waals surface area contributed by atoms with Crippen LogP contribution < -0.4 is 10.5 Å². The summed E-state index contributed by atoms with van der Waals surface area (Å²) >= 11 is 6.29. The van der Waals surface area contributed by atoms with Gasteiger partial charge < -0.3 is 10.5 Å². The molecule has 2 N–H and O–H groups in total. The number of alkyl halides is 3. The summed E-state index contributed by atoms with van der Waals surface area (Å²) in [6, 6.07) is 9.91. The van der Waals surface area contributed by atoms with E-state index in [1.165, 1.54) is 12.1 Å². The van der Waals surface area contributed by atoms with Crippen molar-refractivity contribution >= 4 is 20.8 Å². The molecule has 0 heterocycles. The average Bonchev–Trinajstić information content (AvgIpc) is 2.56. The Morgan fingerprint density at radius 2 is 1.81 bits per heavy atom. The van der Waals surface area contributed by atoms with Gasteiger partial charge in [0.15, 0.2) is 0 Å². The SMILES string of the molecule is CC(N)(CP)CCCc1ccc(Oc2cccc(C(F)(F)F)c2)cc1Cl. The number of rotatable bonds is 7. The molecule has 2 aromatic carbocycles. The predicted molar refractivity (Wildman–Crippen MR) is 103 cm³/mol. The number of benzene rings is 2. The first-order valence-corrected chi connectivity index (χ1v) is 9.43.